The Kier molecular flexibility index (Phi) is 6.64. The summed E-state index contributed by atoms with van der Waals surface area (Å²) in [5.74, 6) is -1.19. The molecule has 1 aliphatic rings. The molecule has 1 saturated heterocycles. The van der Waals surface area contributed by atoms with E-state index < -0.39 is 23.4 Å². The number of carbonyl (C=O) groups excluding carboxylic acids is 2. The number of halogens is 3. The van der Waals surface area contributed by atoms with Crippen LogP contribution in [-0.4, -0.2) is 36.9 Å². The molecule has 0 spiro atoms. The van der Waals surface area contributed by atoms with Gasteiger partial charge in [-0.05, 0) is 73.7 Å². The summed E-state index contributed by atoms with van der Waals surface area (Å²) in [7, 11) is 1.58. The van der Waals surface area contributed by atoms with Gasteiger partial charge in [-0.2, -0.15) is 13.2 Å². The third-order valence-corrected chi connectivity index (χ3v) is 6.71. The molecule has 7 nitrogen and oxygen atoms in total. The van der Waals surface area contributed by atoms with Crippen LogP contribution in [0.25, 0.3) is 11.0 Å². The first-order valence-electron chi connectivity index (χ1n) is 12.1. The van der Waals surface area contributed by atoms with Crippen LogP contribution in [0, 0.1) is 6.92 Å². The molecule has 38 heavy (non-hydrogen) atoms. The van der Waals surface area contributed by atoms with Crippen LogP contribution in [0.3, 0.4) is 0 Å². The Morgan fingerprint density at radius 2 is 1.71 bits per heavy atom. The number of furan rings is 2. The van der Waals surface area contributed by atoms with E-state index in [4.69, 9.17) is 9.15 Å². The number of benzene rings is 2. The van der Waals surface area contributed by atoms with Crippen molar-refractivity contribution >= 4 is 28.5 Å². The highest BCUT2D eigenvalue weighted by atomic mass is 19.4. The van der Waals surface area contributed by atoms with Crippen LogP contribution in [0.5, 0.6) is 5.75 Å². The van der Waals surface area contributed by atoms with Gasteiger partial charge in [0.2, 0.25) is 5.76 Å². The number of likely N-dealkylation sites (tertiary alicyclic amines) is 1. The topological polar surface area (TPSA) is 84.9 Å². The first-order valence-corrected chi connectivity index (χ1v) is 12.1. The van der Waals surface area contributed by atoms with E-state index >= 15 is 0 Å². The summed E-state index contributed by atoms with van der Waals surface area (Å²) in [6.07, 6.45) is -3.28. The zero-order valence-electron chi connectivity index (χ0n) is 20.7. The number of anilines is 1. The molecular weight excluding hydrogens is 501 g/mol. The molecule has 2 aromatic carbocycles. The molecule has 5 rings (SSSR count). The molecule has 0 radical (unpaired) electrons. The molecule has 0 saturated carbocycles. The maximum Gasteiger partial charge on any atom is 0.450 e. The monoisotopic (exact) mass is 526 g/mol. The van der Waals surface area contributed by atoms with Crippen molar-refractivity contribution < 1.29 is 36.3 Å². The number of carbonyl (C=O) groups is 2. The molecule has 2 amide bonds. The van der Waals surface area contributed by atoms with Crippen LogP contribution in [0.4, 0.5) is 18.9 Å². The second-order valence-corrected chi connectivity index (χ2v) is 9.25. The summed E-state index contributed by atoms with van der Waals surface area (Å²) in [4.78, 5) is 27.2. The molecule has 0 atom stereocenters. The zero-order valence-corrected chi connectivity index (χ0v) is 20.7. The average Bonchev–Trinajstić information content (AvgIpc) is 3.52. The number of rotatable bonds is 5. The van der Waals surface area contributed by atoms with Crippen molar-refractivity contribution in [1.82, 2.24) is 4.90 Å². The van der Waals surface area contributed by atoms with Crippen molar-refractivity contribution in [3.8, 4) is 5.75 Å². The van der Waals surface area contributed by atoms with E-state index in [0.29, 0.717) is 30.1 Å². The van der Waals surface area contributed by atoms with Gasteiger partial charge >= 0.3 is 6.18 Å². The van der Waals surface area contributed by atoms with E-state index in [1.165, 1.54) is 6.92 Å². The van der Waals surface area contributed by atoms with Crippen molar-refractivity contribution in [3.63, 3.8) is 0 Å². The van der Waals surface area contributed by atoms with Crippen molar-refractivity contribution in [2.75, 3.05) is 25.5 Å². The molecule has 3 heterocycles. The van der Waals surface area contributed by atoms with E-state index in [0.717, 1.165) is 29.9 Å². The fourth-order valence-electron chi connectivity index (χ4n) is 4.76. The molecule has 1 aliphatic heterocycles. The lowest BCUT2D eigenvalue weighted by Crippen LogP contribution is -2.37. The van der Waals surface area contributed by atoms with Crippen LogP contribution in [0.1, 0.15) is 56.8 Å². The average molecular weight is 527 g/mol. The van der Waals surface area contributed by atoms with Gasteiger partial charge in [-0.1, -0.05) is 12.1 Å². The smallest absolute Gasteiger partial charge is 0.450 e. The molecule has 198 valence electrons. The minimum Gasteiger partial charge on any atom is -0.497 e. The first kappa shape index (κ1) is 25.4. The largest absolute Gasteiger partial charge is 0.497 e. The van der Waals surface area contributed by atoms with Crippen LogP contribution in [-0.2, 0) is 6.18 Å². The Morgan fingerprint density at radius 1 is 1.00 bits per heavy atom. The second kappa shape index (κ2) is 9.92. The molecule has 0 aliphatic carbocycles. The van der Waals surface area contributed by atoms with E-state index in [9.17, 15) is 22.8 Å². The predicted molar refractivity (Wildman–Crippen MR) is 133 cm³/mol. The van der Waals surface area contributed by atoms with Crippen LogP contribution in [0.15, 0.2) is 63.4 Å². The Morgan fingerprint density at radius 3 is 2.37 bits per heavy atom. The molecule has 2 aromatic heterocycles. The number of piperidine rings is 1. The lowest BCUT2D eigenvalue weighted by molar-refractivity contribution is -0.153. The fourth-order valence-corrected chi connectivity index (χ4v) is 4.76. The molecular formula is C28H25F3N2O5. The highest BCUT2D eigenvalue weighted by Gasteiger charge is 2.40. The van der Waals surface area contributed by atoms with Crippen molar-refractivity contribution in [1.29, 1.82) is 0 Å². The van der Waals surface area contributed by atoms with Gasteiger partial charge in [0.1, 0.15) is 17.1 Å². The Hall–Kier alpha value is -4.21. The SMILES string of the molecule is COc1ccc2oc(C(=O)N3CCC(c4ccc(NC(=O)c5cc(C)oc5C(F)(F)F)cc4)CC3)cc2c1. The highest BCUT2D eigenvalue weighted by molar-refractivity contribution is 6.05. The van der Waals surface area contributed by atoms with Gasteiger partial charge in [-0.25, -0.2) is 0 Å². The molecule has 0 unspecified atom stereocenters. The minimum atomic E-state index is -4.76. The lowest BCUT2D eigenvalue weighted by atomic mass is 9.89. The van der Waals surface area contributed by atoms with E-state index in [1.807, 2.05) is 18.2 Å². The third-order valence-electron chi connectivity index (χ3n) is 6.71. The van der Waals surface area contributed by atoms with Gasteiger partial charge in [0.05, 0.1) is 12.7 Å². The number of nitrogens with one attached hydrogen (secondary N) is 1. The summed E-state index contributed by atoms with van der Waals surface area (Å²) < 4.78 is 55.1. The number of ether oxygens (including phenoxy) is 1. The fraction of sp³-hybridized carbons (Fsp3) is 0.286. The van der Waals surface area contributed by atoms with Gasteiger partial charge in [-0.3, -0.25) is 9.59 Å². The van der Waals surface area contributed by atoms with E-state index in [-0.39, 0.29) is 23.3 Å². The first-order chi connectivity index (χ1) is 18.1. The Labute approximate surface area is 216 Å². The van der Waals surface area contributed by atoms with Gasteiger partial charge in [0.25, 0.3) is 11.8 Å². The van der Waals surface area contributed by atoms with Gasteiger partial charge < -0.3 is 23.8 Å². The summed E-state index contributed by atoms with van der Waals surface area (Å²) in [6, 6.07) is 15.2. The van der Waals surface area contributed by atoms with E-state index in [2.05, 4.69) is 9.73 Å². The van der Waals surface area contributed by atoms with Crippen molar-refractivity contribution in [2.45, 2.75) is 31.9 Å². The van der Waals surface area contributed by atoms with Gasteiger partial charge in [0.15, 0.2) is 5.76 Å². The number of hydrogen-bond donors (Lipinski definition) is 1. The maximum atomic E-state index is 13.2. The molecule has 10 heteroatoms. The molecule has 1 fully saturated rings. The second-order valence-electron chi connectivity index (χ2n) is 9.25. The van der Waals surface area contributed by atoms with E-state index in [1.54, 1.807) is 42.3 Å². The summed E-state index contributed by atoms with van der Waals surface area (Å²) >= 11 is 0. The number of aryl methyl sites for hydroxylation is 1. The number of hydrogen-bond acceptors (Lipinski definition) is 5. The van der Waals surface area contributed by atoms with Crippen molar-refractivity contribution in [3.05, 3.63) is 83.0 Å². The molecule has 1 N–H and O–H groups in total. The summed E-state index contributed by atoms with van der Waals surface area (Å²) in [5.41, 5.74) is 1.47. The standard InChI is InChI=1S/C28H25F3N2O5/c1-16-13-22(25(37-16)28(29,30)31)26(34)32-20-5-3-17(4-6-20)18-9-11-33(12-10-18)27(35)24-15-19-14-21(36-2)7-8-23(19)38-24/h3-8,13-15,18H,9-12H2,1-2H3,(H,32,34). The summed E-state index contributed by atoms with van der Waals surface area (Å²) in [6.45, 7) is 2.47. The van der Waals surface area contributed by atoms with Crippen LogP contribution < -0.4 is 10.1 Å². The number of amides is 2. The normalized spacial score (nSPS) is 14.6. The van der Waals surface area contributed by atoms with Crippen LogP contribution in [0.2, 0.25) is 0 Å². The number of nitrogens with zero attached hydrogens (tertiary/aromatic N) is 1. The zero-order chi connectivity index (χ0) is 27.0. The number of methoxy groups -OCH3 is 1. The quantitative estimate of drug-likeness (QED) is 0.315. The third kappa shape index (κ3) is 5.11. The lowest BCUT2D eigenvalue weighted by Gasteiger charge is -2.31. The van der Waals surface area contributed by atoms with Gasteiger partial charge in [0, 0.05) is 24.2 Å². The highest BCUT2D eigenvalue weighted by Crippen LogP contribution is 2.35. The number of fused-ring (bicyclic) bond motifs is 1. The van der Waals surface area contributed by atoms with Gasteiger partial charge in [-0.15, -0.1) is 0 Å². The van der Waals surface area contributed by atoms with Crippen LogP contribution >= 0.6 is 0 Å². The molecule has 0 bridgehead atoms. The predicted octanol–water partition coefficient (Wildman–Crippen LogP) is 6.63. The minimum absolute atomic E-state index is 0.00296. The Balaban J connectivity index is 1.19. The number of alkyl halides is 3. The maximum absolute atomic E-state index is 13.2. The Bertz CT molecular complexity index is 1480. The molecule has 4 aromatic rings. The van der Waals surface area contributed by atoms with Crippen molar-refractivity contribution in [2.24, 2.45) is 0 Å². The summed E-state index contributed by atoms with van der Waals surface area (Å²) in [5, 5.41) is 3.30.